The van der Waals surface area contributed by atoms with E-state index in [4.69, 9.17) is 25.8 Å². The van der Waals surface area contributed by atoms with E-state index in [2.05, 4.69) is 4.98 Å². The molecule has 0 atom stereocenters. The Kier molecular flexibility index (Phi) is 7.45. The molecule has 2 aromatic carbocycles. The van der Waals surface area contributed by atoms with E-state index < -0.39 is 0 Å². The number of rotatable bonds is 10. The Morgan fingerprint density at radius 2 is 1.62 bits per heavy atom. The van der Waals surface area contributed by atoms with E-state index in [-0.39, 0.29) is 30.8 Å². The minimum atomic E-state index is -0.147. The summed E-state index contributed by atoms with van der Waals surface area (Å²) in [6.07, 6.45) is 1.95. The fourth-order valence-corrected chi connectivity index (χ4v) is 4.50. The number of methoxy groups -OCH3 is 2. The molecular formula is C26H22ClNO5S. The van der Waals surface area contributed by atoms with E-state index in [1.165, 1.54) is 11.3 Å². The van der Waals surface area contributed by atoms with Gasteiger partial charge in [0.25, 0.3) is 0 Å². The van der Waals surface area contributed by atoms with Gasteiger partial charge in [0.1, 0.15) is 23.1 Å². The van der Waals surface area contributed by atoms with Gasteiger partial charge in [-0.25, -0.2) is 0 Å². The maximum absolute atomic E-state index is 12.4. The van der Waals surface area contributed by atoms with Gasteiger partial charge in [-0.3, -0.25) is 14.6 Å². The van der Waals surface area contributed by atoms with Crippen molar-refractivity contribution < 1.29 is 23.8 Å². The Bertz CT molecular complexity index is 1340. The van der Waals surface area contributed by atoms with Gasteiger partial charge in [0.05, 0.1) is 31.2 Å². The van der Waals surface area contributed by atoms with Gasteiger partial charge in [-0.1, -0.05) is 17.7 Å². The summed E-state index contributed by atoms with van der Waals surface area (Å²) >= 11 is 7.99. The van der Waals surface area contributed by atoms with Crippen LogP contribution < -0.4 is 14.2 Å². The van der Waals surface area contributed by atoms with Crippen molar-refractivity contribution in [1.29, 1.82) is 0 Å². The lowest BCUT2D eigenvalue weighted by Gasteiger charge is -2.13. The highest BCUT2D eigenvalue weighted by atomic mass is 35.5. The summed E-state index contributed by atoms with van der Waals surface area (Å²) in [5.41, 5.74) is 2.34. The lowest BCUT2D eigenvalue weighted by molar-refractivity contribution is -0.126. The quantitative estimate of drug-likeness (QED) is 0.248. The molecule has 0 aliphatic carbocycles. The third-order valence-electron chi connectivity index (χ3n) is 5.20. The normalized spacial score (nSPS) is 10.8. The molecule has 2 aromatic heterocycles. The lowest BCUT2D eigenvalue weighted by atomic mass is 10.0. The zero-order valence-corrected chi connectivity index (χ0v) is 20.2. The number of aromatic nitrogens is 1. The average molecular weight is 496 g/mol. The molecule has 0 N–H and O–H groups in total. The number of carbonyl (C=O) groups excluding carboxylic acids is 2. The Morgan fingerprint density at radius 1 is 0.882 bits per heavy atom. The van der Waals surface area contributed by atoms with Crippen LogP contribution in [0.25, 0.3) is 10.9 Å². The molecule has 4 rings (SSSR count). The predicted octanol–water partition coefficient (Wildman–Crippen LogP) is 6.07. The molecule has 174 valence electrons. The maximum Gasteiger partial charge on any atom is 0.162 e. The molecule has 8 heteroatoms. The van der Waals surface area contributed by atoms with Crippen molar-refractivity contribution in [1.82, 2.24) is 4.98 Å². The molecule has 0 aliphatic rings. The van der Waals surface area contributed by atoms with E-state index in [0.29, 0.717) is 33.5 Å². The van der Waals surface area contributed by atoms with Crippen molar-refractivity contribution in [2.45, 2.75) is 19.3 Å². The molecule has 0 saturated carbocycles. The number of benzene rings is 2. The molecule has 0 bridgehead atoms. The Hall–Kier alpha value is -3.42. The SMILES string of the molecule is COc1cc2nccc(Oc3ccc(CC(=O)CC(=O)Cc4ccsc4)cc3Cl)c2cc1OC. The number of ketones is 2. The van der Waals surface area contributed by atoms with Crippen molar-refractivity contribution in [2.24, 2.45) is 0 Å². The summed E-state index contributed by atoms with van der Waals surface area (Å²) in [6, 6.07) is 12.4. The van der Waals surface area contributed by atoms with Crippen LogP contribution in [0.5, 0.6) is 23.0 Å². The van der Waals surface area contributed by atoms with Crippen molar-refractivity contribution in [3.05, 3.63) is 75.6 Å². The second kappa shape index (κ2) is 10.7. The van der Waals surface area contributed by atoms with Crippen LogP contribution in [0.4, 0.5) is 0 Å². The van der Waals surface area contributed by atoms with Gasteiger partial charge >= 0.3 is 0 Å². The molecule has 0 aliphatic heterocycles. The van der Waals surface area contributed by atoms with Gasteiger partial charge in [0.2, 0.25) is 0 Å². The van der Waals surface area contributed by atoms with E-state index in [0.717, 1.165) is 16.5 Å². The summed E-state index contributed by atoms with van der Waals surface area (Å²) in [7, 11) is 3.13. The van der Waals surface area contributed by atoms with Gasteiger partial charge in [0, 0.05) is 30.5 Å². The number of halogens is 1. The van der Waals surface area contributed by atoms with E-state index in [9.17, 15) is 9.59 Å². The number of thiophene rings is 1. The van der Waals surface area contributed by atoms with Crippen molar-refractivity contribution in [3.8, 4) is 23.0 Å². The lowest BCUT2D eigenvalue weighted by Crippen LogP contribution is -2.12. The Morgan fingerprint density at radius 3 is 2.29 bits per heavy atom. The molecule has 0 amide bonds. The standard InChI is InChI=1S/C26H22ClNO5S/c1-31-25-13-20-22(14-26(25)32-2)28-7-5-23(20)33-24-4-3-16(11-21(24)27)9-18(29)12-19(30)10-17-6-8-34-15-17/h3-8,11,13-15H,9-10,12H2,1-2H3. The first-order valence-electron chi connectivity index (χ1n) is 10.5. The molecule has 0 radical (unpaired) electrons. The van der Waals surface area contributed by atoms with E-state index >= 15 is 0 Å². The van der Waals surface area contributed by atoms with Crippen LogP contribution in [0.15, 0.2) is 59.4 Å². The van der Waals surface area contributed by atoms with Gasteiger partial charge in [-0.2, -0.15) is 11.3 Å². The topological polar surface area (TPSA) is 74.7 Å². The van der Waals surface area contributed by atoms with Gasteiger partial charge < -0.3 is 14.2 Å². The monoisotopic (exact) mass is 495 g/mol. The van der Waals surface area contributed by atoms with Crippen LogP contribution in [-0.2, 0) is 22.4 Å². The number of pyridine rings is 1. The molecule has 0 spiro atoms. The van der Waals surface area contributed by atoms with E-state index in [1.807, 2.05) is 16.8 Å². The Labute approximate surface area is 206 Å². The maximum atomic E-state index is 12.4. The average Bonchev–Trinajstić information content (AvgIpc) is 3.32. The second-order valence-corrected chi connectivity index (χ2v) is 8.83. The predicted molar refractivity (Wildman–Crippen MR) is 133 cm³/mol. The number of nitrogens with zero attached hydrogens (tertiary/aromatic N) is 1. The molecule has 34 heavy (non-hydrogen) atoms. The highest BCUT2D eigenvalue weighted by Crippen LogP contribution is 2.38. The molecule has 0 saturated heterocycles. The van der Waals surface area contributed by atoms with Gasteiger partial charge in [-0.15, -0.1) is 0 Å². The minimum Gasteiger partial charge on any atom is -0.493 e. The van der Waals surface area contributed by atoms with Crippen LogP contribution in [0, 0.1) is 0 Å². The summed E-state index contributed by atoms with van der Waals surface area (Å²) in [6.45, 7) is 0. The first-order chi connectivity index (χ1) is 16.5. The number of hydrogen-bond acceptors (Lipinski definition) is 7. The third-order valence-corrected chi connectivity index (χ3v) is 6.23. The second-order valence-electron chi connectivity index (χ2n) is 7.64. The fourth-order valence-electron chi connectivity index (χ4n) is 3.59. The number of carbonyl (C=O) groups is 2. The zero-order valence-electron chi connectivity index (χ0n) is 18.7. The fraction of sp³-hybridized carbons (Fsp3) is 0.192. The van der Waals surface area contributed by atoms with Crippen molar-refractivity contribution in [2.75, 3.05) is 14.2 Å². The summed E-state index contributed by atoms with van der Waals surface area (Å²) in [4.78, 5) is 28.9. The minimum absolute atomic E-state index is 0.0916. The number of Topliss-reactive ketones (excluding diaryl/α,β-unsaturated/α-hetero) is 2. The van der Waals surface area contributed by atoms with Gasteiger partial charge in [0.15, 0.2) is 11.5 Å². The largest absolute Gasteiger partial charge is 0.493 e. The molecular weight excluding hydrogens is 474 g/mol. The molecule has 0 fully saturated rings. The molecule has 4 aromatic rings. The molecule has 6 nitrogen and oxygen atoms in total. The third kappa shape index (κ3) is 5.55. The number of ether oxygens (including phenoxy) is 3. The first-order valence-corrected chi connectivity index (χ1v) is 11.8. The van der Waals surface area contributed by atoms with Crippen LogP contribution in [0.3, 0.4) is 0 Å². The molecule has 0 unspecified atom stereocenters. The highest BCUT2D eigenvalue weighted by Gasteiger charge is 2.15. The van der Waals surface area contributed by atoms with Crippen LogP contribution >= 0.6 is 22.9 Å². The van der Waals surface area contributed by atoms with Crippen LogP contribution in [0.1, 0.15) is 17.5 Å². The first kappa shape index (κ1) is 23.7. The smallest absolute Gasteiger partial charge is 0.162 e. The summed E-state index contributed by atoms with van der Waals surface area (Å²) < 4.78 is 16.8. The zero-order chi connectivity index (χ0) is 24.1. The van der Waals surface area contributed by atoms with Crippen molar-refractivity contribution in [3.63, 3.8) is 0 Å². The molecule has 2 heterocycles. The number of hydrogen-bond donors (Lipinski definition) is 0. The van der Waals surface area contributed by atoms with Gasteiger partial charge in [-0.05, 0) is 52.2 Å². The number of fused-ring (bicyclic) bond motifs is 1. The van der Waals surface area contributed by atoms with Crippen LogP contribution in [0.2, 0.25) is 5.02 Å². The van der Waals surface area contributed by atoms with Crippen molar-refractivity contribution >= 4 is 45.4 Å². The summed E-state index contributed by atoms with van der Waals surface area (Å²) in [5, 5.41) is 4.93. The van der Waals surface area contributed by atoms with Crippen LogP contribution in [-0.4, -0.2) is 30.8 Å². The summed E-state index contributed by atoms with van der Waals surface area (Å²) in [5.74, 6) is 1.88. The van der Waals surface area contributed by atoms with E-state index in [1.54, 1.807) is 56.8 Å². The highest BCUT2D eigenvalue weighted by molar-refractivity contribution is 7.08. The Balaban J connectivity index is 1.47.